The van der Waals surface area contributed by atoms with Crippen molar-refractivity contribution in [3.8, 4) is 5.75 Å². The monoisotopic (exact) mass is 529 g/mol. The standard InChI is InChI=1S/C20H15Br2F2NO4/c21-14-7-10(25-19(26)11-3-1-4-12(11)20(27)28)8-15(22)18(14)29-9-13-16(23)5-2-6-17(13)24/h2,5-8H,1,3-4,9H2,(H,25,26)(H,27,28). The van der Waals surface area contributed by atoms with E-state index in [1.165, 1.54) is 6.07 Å². The molecule has 0 bridgehead atoms. The van der Waals surface area contributed by atoms with Gasteiger partial charge in [0, 0.05) is 16.8 Å². The number of hydrogen-bond acceptors (Lipinski definition) is 3. The average molecular weight is 531 g/mol. The number of aliphatic carboxylic acids is 1. The third-order valence-corrected chi connectivity index (χ3v) is 5.61. The van der Waals surface area contributed by atoms with Crippen molar-refractivity contribution in [2.75, 3.05) is 5.32 Å². The number of ether oxygens (including phenoxy) is 1. The Labute approximate surface area is 182 Å². The van der Waals surface area contributed by atoms with Crippen LogP contribution >= 0.6 is 31.9 Å². The number of carbonyl (C=O) groups excluding carboxylic acids is 1. The number of rotatable bonds is 6. The van der Waals surface area contributed by atoms with Gasteiger partial charge in [-0.1, -0.05) is 6.07 Å². The zero-order valence-corrected chi connectivity index (χ0v) is 18.1. The molecule has 0 spiro atoms. The highest BCUT2D eigenvalue weighted by Crippen LogP contribution is 2.38. The lowest BCUT2D eigenvalue weighted by molar-refractivity contribution is -0.133. The van der Waals surface area contributed by atoms with Gasteiger partial charge in [0.15, 0.2) is 0 Å². The Morgan fingerprint density at radius 1 is 1.07 bits per heavy atom. The Morgan fingerprint density at radius 3 is 2.24 bits per heavy atom. The Hall–Kier alpha value is -2.26. The summed E-state index contributed by atoms with van der Waals surface area (Å²) in [6.07, 6.45) is 1.40. The maximum absolute atomic E-state index is 13.8. The molecule has 9 heteroatoms. The predicted octanol–water partition coefficient (Wildman–Crippen LogP) is 5.57. The van der Waals surface area contributed by atoms with Crippen molar-refractivity contribution in [3.05, 3.63) is 67.6 Å². The van der Waals surface area contributed by atoms with Crippen LogP contribution in [0.15, 0.2) is 50.4 Å². The summed E-state index contributed by atoms with van der Waals surface area (Å²) in [7, 11) is 0. The van der Waals surface area contributed by atoms with E-state index in [9.17, 15) is 23.5 Å². The lowest BCUT2D eigenvalue weighted by Gasteiger charge is -2.14. The molecule has 0 atom stereocenters. The zero-order valence-electron chi connectivity index (χ0n) is 14.9. The normalized spacial score (nSPS) is 13.5. The van der Waals surface area contributed by atoms with Crippen LogP contribution in [0, 0.1) is 11.6 Å². The van der Waals surface area contributed by atoms with Gasteiger partial charge in [-0.3, -0.25) is 4.79 Å². The topological polar surface area (TPSA) is 75.6 Å². The smallest absolute Gasteiger partial charge is 0.332 e. The number of carbonyl (C=O) groups is 2. The minimum Gasteiger partial charge on any atom is -0.486 e. The number of benzene rings is 2. The average Bonchev–Trinajstić information content (AvgIpc) is 3.13. The maximum Gasteiger partial charge on any atom is 0.332 e. The fraction of sp³-hybridized carbons (Fsp3) is 0.200. The minimum absolute atomic E-state index is 0.132. The first-order valence-corrected chi connectivity index (χ1v) is 10.2. The highest BCUT2D eigenvalue weighted by molar-refractivity contribution is 9.11. The summed E-state index contributed by atoms with van der Waals surface area (Å²) in [6, 6.07) is 6.69. The number of carboxylic acid groups (broad SMARTS) is 1. The summed E-state index contributed by atoms with van der Waals surface area (Å²) < 4.78 is 34.0. The van der Waals surface area contributed by atoms with Gasteiger partial charge in [-0.15, -0.1) is 0 Å². The summed E-state index contributed by atoms with van der Waals surface area (Å²) in [4.78, 5) is 23.7. The number of amides is 1. The number of carboxylic acids is 1. The van der Waals surface area contributed by atoms with E-state index in [0.29, 0.717) is 39.6 Å². The fourth-order valence-corrected chi connectivity index (χ4v) is 4.44. The highest BCUT2D eigenvalue weighted by Gasteiger charge is 2.25. The molecule has 0 heterocycles. The van der Waals surface area contributed by atoms with Gasteiger partial charge in [-0.2, -0.15) is 0 Å². The Balaban J connectivity index is 1.77. The maximum atomic E-state index is 13.8. The molecular formula is C20H15Br2F2NO4. The van der Waals surface area contributed by atoms with Crippen molar-refractivity contribution in [2.45, 2.75) is 25.9 Å². The molecule has 29 heavy (non-hydrogen) atoms. The predicted molar refractivity (Wildman–Crippen MR) is 110 cm³/mol. The lowest BCUT2D eigenvalue weighted by Crippen LogP contribution is -2.16. The van der Waals surface area contributed by atoms with Crippen LogP contribution in [-0.4, -0.2) is 17.0 Å². The van der Waals surface area contributed by atoms with Crippen molar-refractivity contribution in [2.24, 2.45) is 0 Å². The molecule has 2 N–H and O–H groups in total. The van der Waals surface area contributed by atoms with E-state index in [0.717, 1.165) is 12.1 Å². The highest BCUT2D eigenvalue weighted by atomic mass is 79.9. The third-order valence-electron chi connectivity index (χ3n) is 4.43. The number of nitrogens with one attached hydrogen (secondary N) is 1. The molecule has 5 nitrogen and oxygen atoms in total. The molecule has 0 unspecified atom stereocenters. The minimum atomic E-state index is -1.08. The molecule has 0 radical (unpaired) electrons. The number of anilines is 1. The molecule has 2 aromatic rings. The van der Waals surface area contributed by atoms with Gasteiger partial charge in [0.1, 0.15) is 24.0 Å². The summed E-state index contributed by atoms with van der Waals surface area (Å²) in [5.74, 6) is -2.67. The van der Waals surface area contributed by atoms with E-state index < -0.39 is 23.5 Å². The van der Waals surface area contributed by atoms with Gasteiger partial charge in [-0.25, -0.2) is 13.6 Å². The van der Waals surface area contributed by atoms with Gasteiger partial charge in [-0.05, 0) is 75.4 Å². The van der Waals surface area contributed by atoms with Gasteiger partial charge in [0.25, 0.3) is 5.91 Å². The third kappa shape index (κ3) is 4.84. The van der Waals surface area contributed by atoms with Crippen molar-refractivity contribution >= 4 is 49.4 Å². The number of hydrogen-bond donors (Lipinski definition) is 2. The lowest BCUT2D eigenvalue weighted by atomic mass is 10.1. The van der Waals surface area contributed by atoms with Gasteiger partial charge >= 0.3 is 5.97 Å². The van der Waals surface area contributed by atoms with Crippen molar-refractivity contribution in [3.63, 3.8) is 0 Å². The van der Waals surface area contributed by atoms with Crippen LogP contribution in [0.5, 0.6) is 5.75 Å². The molecule has 0 aromatic heterocycles. The van der Waals surface area contributed by atoms with E-state index >= 15 is 0 Å². The van der Waals surface area contributed by atoms with Crippen LogP contribution in [0.25, 0.3) is 0 Å². The van der Waals surface area contributed by atoms with E-state index in [-0.39, 0.29) is 23.3 Å². The SMILES string of the molecule is O=C(O)C1=C(C(=O)Nc2cc(Br)c(OCc3c(F)cccc3F)c(Br)c2)CCC1. The first-order chi connectivity index (χ1) is 13.8. The van der Waals surface area contributed by atoms with Gasteiger partial charge < -0.3 is 15.2 Å². The Kier molecular flexibility index (Phi) is 6.69. The van der Waals surface area contributed by atoms with Crippen molar-refractivity contribution in [1.82, 2.24) is 0 Å². The van der Waals surface area contributed by atoms with Crippen LogP contribution in [0.2, 0.25) is 0 Å². The molecule has 0 saturated carbocycles. The van der Waals surface area contributed by atoms with Crippen LogP contribution in [0.4, 0.5) is 14.5 Å². The summed E-state index contributed by atoms with van der Waals surface area (Å²) in [6.45, 7) is -0.323. The fourth-order valence-electron chi connectivity index (χ4n) is 3.02. The zero-order chi connectivity index (χ0) is 21.1. The molecule has 0 aliphatic heterocycles. The first kappa shape index (κ1) is 21.4. The molecule has 152 valence electrons. The summed E-state index contributed by atoms with van der Waals surface area (Å²) >= 11 is 6.63. The first-order valence-electron chi connectivity index (χ1n) is 8.59. The number of halogens is 4. The van der Waals surface area contributed by atoms with Crippen LogP contribution in [0.3, 0.4) is 0 Å². The second-order valence-electron chi connectivity index (χ2n) is 6.33. The molecule has 1 aliphatic rings. The second kappa shape index (κ2) is 9.04. The molecular weight excluding hydrogens is 516 g/mol. The van der Waals surface area contributed by atoms with E-state index in [4.69, 9.17) is 4.74 Å². The van der Waals surface area contributed by atoms with Crippen LogP contribution < -0.4 is 10.1 Å². The Morgan fingerprint density at radius 2 is 1.66 bits per heavy atom. The van der Waals surface area contributed by atoms with E-state index in [1.54, 1.807) is 12.1 Å². The molecule has 0 fully saturated rings. The second-order valence-corrected chi connectivity index (χ2v) is 8.04. The summed E-state index contributed by atoms with van der Waals surface area (Å²) in [5, 5.41) is 11.9. The molecule has 1 amide bonds. The van der Waals surface area contributed by atoms with Gasteiger partial charge in [0.2, 0.25) is 0 Å². The van der Waals surface area contributed by atoms with Crippen LogP contribution in [-0.2, 0) is 16.2 Å². The van der Waals surface area contributed by atoms with Gasteiger partial charge in [0.05, 0.1) is 14.5 Å². The largest absolute Gasteiger partial charge is 0.486 e. The van der Waals surface area contributed by atoms with Crippen molar-refractivity contribution in [1.29, 1.82) is 0 Å². The van der Waals surface area contributed by atoms with Crippen LogP contribution in [0.1, 0.15) is 24.8 Å². The van der Waals surface area contributed by atoms with E-state index in [2.05, 4.69) is 37.2 Å². The quantitative estimate of drug-likeness (QED) is 0.511. The molecule has 3 rings (SSSR count). The summed E-state index contributed by atoms with van der Waals surface area (Å²) in [5.41, 5.74) is 0.605. The van der Waals surface area contributed by atoms with Crippen molar-refractivity contribution < 1.29 is 28.2 Å². The molecule has 1 aliphatic carbocycles. The Bertz CT molecular complexity index is 980. The molecule has 0 saturated heterocycles. The van der Waals surface area contributed by atoms with E-state index in [1.807, 2.05) is 0 Å². The molecule has 2 aromatic carbocycles.